The van der Waals surface area contributed by atoms with Crippen molar-refractivity contribution in [1.82, 2.24) is 0 Å². The van der Waals surface area contributed by atoms with Gasteiger partial charge in [-0.1, -0.05) is 25.7 Å². The molecular formula is C15H20F2O3. The van der Waals surface area contributed by atoms with Gasteiger partial charge in [0.25, 0.3) is 0 Å². The molecule has 5 heteroatoms. The van der Waals surface area contributed by atoms with Crippen molar-refractivity contribution in [2.24, 2.45) is 0 Å². The van der Waals surface area contributed by atoms with Crippen LogP contribution in [0.25, 0.3) is 0 Å². The van der Waals surface area contributed by atoms with E-state index in [0.717, 1.165) is 50.7 Å². The number of hydrogen-bond acceptors (Lipinski definition) is 2. The zero-order valence-electron chi connectivity index (χ0n) is 11.4. The molecule has 0 amide bonds. The molecule has 1 N–H and O–H groups in total. The van der Waals surface area contributed by atoms with Crippen LogP contribution in [0.1, 0.15) is 44.9 Å². The van der Waals surface area contributed by atoms with Crippen LogP contribution in [0.3, 0.4) is 0 Å². The number of carbonyl (C=O) groups is 1. The van der Waals surface area contributed by atoms with E-state index in [1.54, 1.807) is 0 Å². The molecule has 0 heterocycles. The number of benzene rings is 1. The van der Waals surface area contributed by atoms with E-state index in [4.69, 9.17) is 9.84 Å². The second-order valence-electron chi connectivity index (χ2n) is 4.69. The van der Waals surface area contributed by atoms with Crippen LogP contribution in [-0.2, 0) is 4.79 Å². The van der Waals surface area contributed by atoms with Crippen LogP contribution in [0.5, 0.6) is 5.75 Å². The highest BCUT2D eigenvalue weighted by molar-refractivity contribution is 5.66. The quantitative estimate of drug-likeness (QED) is 0.657. The summed E-state index contributed by atoms with van der Waals surface area (Å²) in [6, 6.07) is 3.50. The van der Waals surface area contributed by atoms with E-state index in [0.29, 0.717) is 12.4 Å². The molecule has 112 valence electrons. The third kappa shape index (κ3) is 7.07. The van der Waals surface area contributed by atoms with Gasteiger partial charge >= 0.3 is 5.97 Å². The van der Waals surface area contributed by atoms with Crippen molar-refractivity contribution in [2.45, 2.75) is 44.9 Å². The number of carboxylic acid groups (broad SMARTS) is 1. The highest BCUT2D eigenvalue weighted by Crippen LogP contribution is 2.16. The van der Waals surface area contributed by atoms with E-state index in [9.17, 15) is 13.6 Å². The first-order valence-corrected chi connectivity index (χ1v) is 6.89. The summed E-state index contributed by atoms with van der Waals surface area (Å²) < 4.78 is 30.9. The molecule has 0 aromatic heterocycles. The zero-order valence-corrected chi connectivity index (χ0v) is 11.4. The van der Waals surface area contributed by atoms with E-state index in [1.807, 2.05) is 0 Å². The van der Waals surface area contributed by atoms with Gasteiger partial charge in [0.2, 0.25) is 0 Å². The maximum absolute atomic E-state index is 12.9. The fourth-order valence-electron chi connectivity index (χ4n) is 1.84. The summed E-state index contributed by atoms with van der Waals surface area (Å²) >= 11 is 0. The molecule has 0 saturated carbocycles. The van der Waals surface area contributed by atoms with Gasteiger partial charge in [0.1, 0.15) is 5.75 Å². The summed E-state index contributed by atoms with van der Waals surface area (Å²) in [5, 5.41) is 8.46. The third-order valence-electron chi connectivity index (χ3n) is 2.94. The molecule has 3 nitrogen and oxygen atoms in total. The average molecular weight is 286 g/mol. The number of unbranched alkanes of at least 4 members (excludes halogenated alkanes) is 5. The van der Waals surface area contributed by atoms with Crippen LogP contribution in [-0.4, -0.2) is 17.7 Å². The summed E-state index contributed by atoms with van der Waals surface area (Å²) in [6.45, 7) is 0.472. The number of aliphatic carboxylic acids is 1. The van der Waals surface area contributed by atoms with Crippen LogP contribution in [0, 0.1) is 11.6 Å². The summed E-state index contributed by atoms with van der Waals surface area (Å²) in [6.07, 6.45) is 5.75. The van der Waals surface area contributed by atoms with E-state index in [1.165, 1.54) is 6.07 Å². The molecular weight excluding hydrogens is 266 g/mol. The normalized spacial score (nSPS) is 10.5. The number of ether oxygens (including phenoxy) is 1. The Hall–Kier alpha value is -1.65. The molecule has 0 fully saturated rings. The van der Waals surface area contributed by atoms with Crippen molar-refractivity contribution >= 4 is 5.97 Å². The van der Waals surface area contributed by atoms with Gasteiger partial charge in [-0.2, -0.15) is 0 Å². The first kappa shape index (κ1) is 16.4. The van der Waals surface area contributed by atoms with Crippen molar-refractivity contribution in [2.75, 3.05) is 6.61 Å². The second-order valence-corrected chi connectivity index (χ2v) is 4.69. The lowest BCUT2D eigenvalue weighted by molar-refractivity contribution is -0.137. The Kier molecular flexibility index (Phi) is 7.62. The lowest BCUT2D eigenvalue weighted by atomic mass is 10.1. The summed E-state index contributed by atoms with van der Waals surface area (Å²) in [5.74, 6) is -2.19. The highest BCUT2D eigenvalue weighted by Gasteiger charge is 2.03. The van der Waals surface area contributed by atoms with Gasteiger partial charge in [-0.15, -0.1) is 0 Å². The third-order valence-corrected chi connectivity index (χ3v) is 2.94. The van der Waals surface area contributed by atoms with Crippen LogP contribution >= 0.6 is 0 Å². The SMILES string of the molecule is O=C(O)CCCCCCCCOc1ccc(F)c(F)c1. The Bertz CT molecular complexity index is 422. The van der Waals surface area contributed by atoms with Crippen LogP contribution in [0.2, 0.25) is 0 Å². The molecule has 1 rings (SSSR count). The standard InChI is InChI=1S/C15H20F2O3/c16-13-9-8-12(11-14(13)17)20-10-6-4-2-1-3-5-7-15(18)19/h8-9,11H,1-7,10H2,(H,18,19). The minimum atomic E-state index is -0.902. The Morgan fingerprint density at radius 1 is 1.00 bits per heavy atom. The molecule has 0 unspecified atom stereocenters. The molecule has 0 atom stereocenters. The molecule has 1 aromatic rings. The van der Waals surface area contributed by atoms with Crippen LogP contribution < -0.4 is 4.74 Å². The maximum atomic E-state index is 12.9. The average Bonchev–Trinajstić information content (AvgIpc) is 2.40. The monoisotopic (exact) mass is 286 g/mol. The minimum Gasteiger partial charge on any atom is -0.493 e. The fraction of sp³-hybridized carbons (Fsp3) is 0.533. The van der Waals surface area contributed by atoms with E-state index in [-0.39, 0.29) is 6.42 Å². The van der Waals surface area contributed by atoms with Crippen molar-refractivity contribution in [1.29, 1.82) is 0 Å². The summed E-state index contributed by atoms with van der Waals surface area (Å²) in [7, 11) is 0. The second kappa shape index (κ2) is 9.28. The largest absolute Gasteiger partial charge is 0.493 e. The lowest BCUT2D eigenvalue weighted by Crippen LogP contribution is -1.98. The number of halogens is 2. The minimum absolute atomic E-state index is 0.235. The van der Waals surface area contributed by atoms with Crippen molar-refractivity contribution in [3.8, 4) is 5.75 Å². The van der Waals surface area contributed by atoms with Crippen molar-refractivity contribution in [3.05, 3.63) is 29.8 Å². The Morgan fingerprint density at radius 2 is 1.65 bits per heavy atom. The fourth-order valence-corrected chi connectivity index (χ4v) is 1.84. The number of hydrogen-bond donors (Lipinski definition) is 1. The first-order chi connectivity index (χ1) is 9.59. The van der Waals surface area contributed by atoms with Gasteiger partial charge in [-0.05, 0) is 25.0 Å². The Labute approximate surface area is 117 Å². The van der Waals surface area contributed by atoms with E-state index in [2.05, 4.69) is 0 Å². The molecule has 1 aromatic carbocycles. The summed E-state index contributed by atoms with van der Waals surface area (Å²) in [4.78, 5) is 10.3. The molecule has 0 aliphatic rings. The van der Waals surface area contributed by atoms with Gasteiger partial charge in [-0.25, -0.2) is 8.78 Å². The molecule has 0 bridgehead atoms. The first-order valence-electron chi connectivity index (χ1n) is 6.89. The predicted octanol–water partition coefficient (Wildman–Crippen LogP) is 4.16. The van der Waals surface area contributed by atoms with Gasteiger partial charge in [0, 0.05) is 12.5 Å². The van der Waals surface area contributed by atoms with Gasteiger partial charge < -0.3 is 9.84 Å². The summed E-state index contributed by atoms with van der Waals surface area (Å²) in [5.41, 5.74) is 0. The maximum Gasteiger partial charge on any atom is 0.303 e. The molecule has 0 aliphatic carbocycles. The Morgan fingerprint density at radius 3 is 2.30 bits per heavy atom. The van der Waals surface area contributed by atoms with Crippen LogP contribution in [0.4, 0.5) is 8.78 Å². The molecule has 0 aliphatic heterocycles. The lowest BCUT2D eigenvalue weighted by Gasteiger charge is -2.06. The van der Waals surface area contributed by atoms with Gasteiger partial charge in [0.15, 0.2) is 11.6 Å². The van der Waals surface area contributed by atoms with E-state index < -0.39 is 17.6 Å². The van der Waals surface area contributed by atoms with Gasteiger partial charge in [-0.3, -0.25) is 4.79 Å². The smallest absolute Gasteiger partial charge is 0.303 e. The molecule has 0 radical (unpaired) electrons. The topological polar surface area (TPSA) is 46.5 Å². The zero-order chi connectivity index (χ0) is 14.8. The van der Waals surface area contributed by atoms with Crippen molar-refractivity contribution < 1.29 is 23.4 Å². The Balaban J connectivity index is 1.99. The predicted molar refractivity (Wildman–Crippen MR) is 71.8 cm³/mol. The van der Waals surface area contributed by atoms with Crippen LogP contribution in [0.15, 0.2) is 18.2 Å². The van der Waals surface area contributed by atoms with Crippen molar-refractivity contribution in [3.63, 3.8) is 0 Å². The molecule has 20 heavy (non-hydrogen) atoms. The van der Waals surface area contributed by atoms with E-state index >= 15 is 0 Å². The number of rotatable bonds is 10. The van der Waals surface area contributed by atoms with Gasteiger partial charge in [0.05, 0.1) is 6.61 Å². The number of carboxylic acids is 1. The molecule has 0 spiro atoms. The molecule has 0 saturated heterocycles. The highest BCUT2D eigenvalue weighted by atomic mass is 19.2.